The molecule has 0 amide bonds. The topological polar surface area (TPSA) is 27.0 Å². The summed E-state index contributed by atoms with van der Waals surface area (Å²) in [5, 5.41) is 8.60. The smallest absolute Gasteiger partial charge is 0.0944 e. The number of nitrogens with zero attached hydrogens (tertiary/aromatic N) is 2. The van der Waals surface area contributed by atoms with Gasteiger partial charge in [-0.05, 0) is 6.42 Å². The Morgan fingerprint density at radius 2 is 2.58 bits per heavy atom. The molecule has 0 aromatic heterocycles. The van der Waals surface area contributed by atoms with Gasteiger partial charge in [-0.15, -0.1) is 0 Å². The van der Waals surface area contributed by atoms with Gasteiger partial charge in [-0.2, -0.15) is 5.26 Å². The zero-order valence-corrected chi connectivity index (χ0v) is 8.47. The Morgan fingerprint density at radius 1 is 1.83 bits per heavy atom. The third kappa shape index (κ3) is 2.80. The molecule has 0 aromatic rings. The fraction of sp³-hybridized carbons (Fsp3) is 0.444. The third-order valence-electron chi connectivity index (χ3n) is 1.83. The highest BCUT2D eigenvalue weighted by Gasteiger charge is 2.10. The molecule has 0 saturated heterocycles. The number of rotatable bonds is 2. The molecule has 64 valence electrons. The van der Waals surface area contributed by atoms with Crippen molar-refractivity contribution in [3.05, 3.63) is 22.7 Å². The second-order valence-electron chi connectivity index (χ2n) is 2.84. The van der Waals surface area contributed by atoms with Crippen molar-refractivity contribution in [3.8, 4) is 6.07 Å². The van der Waals surface area contributed by atoms with Gasteiger partial charge in [-0.1, -0.05) is 28.6 Å². The molecule has 1 aliphatic heterocycles. The van der Waals surface area contributed by atoms with Gasteiger partial charge in [-0.25, -0.2) is 0 Å². The Morgan fingerprint density at radius 3 is 3.00 bits per heavy atom. The lowest BCUT2D eigenvalue weighted by Gasteiger charge is -2.23. The minimum Gasteiger partial charge on any atom is -0.295 e. The standard InChI is InChI=1S/C9H11BrN2/c1-8(10)7-12-4-2-9(6-11)3-5-12/h2H,1,3-5,7H2. The number of hydrogen-bond acceptors (Lipinski definition) is 2. The molecule has 0 radical (unpaired) electrons. The van der Waals surface area contributed by atoms with Crippen LogP contribution in [0.4, 0.5) is 0 Å². The van der Waals surface area contributed by atoms with E-state index in [2.05, 4.69) is 33.5 Å². The average molecular weight is 227 g/mol. The van der Waals surface area contributed by atoms with Crippen LogP contribution in [-0.2, 0) is 0 Å². The van der Waals surface area contributed by atoms with Crippen LogP contribution in [-0.4, -0.2) is 24.5 Å². The second-order valence-corrected chi connectivity index (χ2v) is 3.97. The predicted molar refractivity (Wildman–Crippen MR) is 52.8 cm³/mol. The van der Waals surface area contributed by atoms with Gasteiger partial charge in [0.1, 0.15) is 0 Å². The van der Waals surface area contributed by atoms with E-state index in [1.54, 1.807) is 0 Å². The molecule has 0 bridgehead atoms. The van der Waals surface area contributed by atoms with Gasteiger partial charge < -0.3 is 0 Å². The monoisotopic (exact) mass is 226 g/mol. The summed E-state index contributed by atoms with van der Waals surface area (Å²) in [5.41, 5.74) is 0.909. The molecule has 1 rings (SSSR count). The number of nitriles is 1. The van der Waals surface area contributed by atoms with Gasteiger partial charge in [0.15, 0.2) is 0 Å². The van der Waals surface area contributed by atoms with Crippen LogP contribution in [0.2, 0.25) is 0 Å². The highest BCUT2D eigenvalue weighted by Crippen LogP contribution is 2.12. The van der Waals surface area contributed by atoms with Gasteiger partial charge in [0.05, 0.1) is 6.07 Å². The molecule has 1 heterocycles. The van der Waals surface area contributed by atoms with Crippen LogP contribution in [0.5, 0.6) is 0 Å². The Balaban J connectivity index is 2.42. The summed E-state index contributed by atoms with van der Waals surface area (Å²) in [4.78, 5) is 2.25. The van der Waals surface area contributed by atoms with Crippen molar-refractivity contribution in [1.29, 1.82) is 5.26 Å². The molecule has 0 aromatic carbocycles. The Labute approximate surface area is 81.3 Å². The van der Waals surface area contributed by atoms with Gasteiger partial charge in [0, 0.05) is 29.7 Å². The van der Waals surface area contributed by atoms with Crippen LogP contribution < -0.4 is 0 Å². The minimum atomic E-state index is 0.869. The van der Waals surface area contributed by atoms with Crippen LogP contribution in [0.25, 0.3) is 0 Å². The summed E-state index contributed by atoms with van der Waals surface area (Å²) in [7, 11) is 0. The second kappa shape index (κ2) is 4.44. The largest absolute Gasteiger partial charge is 0.295 e. The first-order chi connectivity index (χ1) is 5.72. The molecule has 0 N–H and O–H groups in total. The van der Waals surface area contributed by atoms with Gasteiger partial charge in [0.25, 0.3) is 0 Å². The zero-order chi connectivity index (χ0) is 8.97. The summed E-state index contributed by atoms with van der Waals surface area (Å²) >= 11 is 3.32. The molecule has 3 heteroatoms. The molecular weight excluding hydrogens is 216 g/mol. The highest BCUT2D eigenvalue weighted by molar-refractivity contribution is 9.11. The Hall–Kier alpha value is -0.590. The minimum absolute atomic E-state index is 0.869. The molecule has 0 fully saturated rings. The van der Waals surface area contributed by atoms with Gasteiger partial charge >= 0.3 is 0 Å². The van der Waals surface area contributed by atoms with E-state index in [0.717, 1.165) is 36.1 Å². The Bertz CT molecular complexity index is 250. The molecule has 0 atom stereocenters. The predicted octanol–water partition coefficient (Wildman–Crippen LogP) is 2.05. The first-order valence-corrected chi connectivity index (χ1v) is 4.66. The normalized spacial score (nSPS) is 18.2. The zero-order valence-electron chi connectivity index (χ0n) is 6.89. The third-order valence-corrected chi connectivity index (χ3v) is 2.08. The van der Waals surface area contributed by atoms with Crippen LogP contribution in [0.3, 0.4) is 0 Å². The SMILES string of the molecule is C=C(Br)CN1CC=C(C#N)CC1. The van der Waals surface area contributed by atoms with E-state index in [1.807, 2.05) is 6.08 Å². The molecular formula is C9H11BrN2. The van der Waals surface area contributed by atoms with E-state index in [0.29, 0.717) is 0 Å². The van der Waals surface area contributed by atoms with E-state index in [9.17, 15) is 0 Å². The van der Waals surface area contributed by atoms with E-state index < -0.39 is 0 Å². The van der Waals surface area contributed by atoms with Crippen molar-refractivity contribution in [1.82, 2.24) is 4.90 Å². The fourth-order valence-electron chi connectivity index (χ4n) is 1.20. The molecule has 0 saturated carbocycles. The average Bonchev–Trinajstić information content (AvgIpc) is 2.05. The number of halogens is 1. The lowest BCUT2D eigenvalue weighted by atomic mass is 10.1. The maximum Gasteiger partial charge on any atom is 0.0944 e. The molecule has 0 unspecified atom stereocenters. The van der Waals surface area contributed by atoms with Crippen molar-refractivity contribution >= 4 is 15.9 Å². The maximum absolute atomic E-state index is 8.60. The fourth-order valence-corrected chi connectivity index (χ4v) is 1.55. The first-order valence-electron chi connectivity index (χ1n) is 3.87. The lowest BCUT2D eigenvalue weighted by molar-refractivity contribution is 0.326. The quantitative estimate of drug-likeness (QED) is 0.721. The van der Waals surface area contributed by atoms with Crippen molar-refractivity contribution in [2.45, 2.75) is 6.42 Å². The lowest BCUT2D eigenvalue weighted by Crippen LogP contribution is -2.29. The van der Waals surface area contributed by atoms with Crippen molar-refractivity contribution in [3.63, 3.8) is 0 Å². The van der Waals surface area contributed by atoms with Crippen LogP contribution in [0.15, 0.2) is 22.7 Å². The van der Waals surface area contributed by atoms with Crippen LogP contribution in [0, 0.1) is 11.3 Å². The summed E-state index contributed by atoms with van der Waals surface area (Å²) < 4.78 is 0.997. The Kier molecular flexibility index (Phi) is 3.51. The maximum atomic E-state index is 8.60. The molecule has 2 nitrogen and oxygen atoms in total. The van der Waals surface area contributed by atoms with Gasteiger partial charge in [0.2, 0.25) is 0 Å². The van der Waals surface area contributed by atoms with E-state index in [4.69, 9.17) is 5.26 Å². The number of hydrogen-bond donors (Lipinski definition) is 0. The summed E-state index contributed by atoms with van der Waals surface area (Å²) in [5.74, 6) is 0. The highest BCUT2D eigenvalue weighted by atomic mass is 79.9. The first kappa shape index (κ1) is 9.50. The molecule has 12 heavy (non-hydrogen) atoms. The summed E-state index contributed by atoms with van der Waals surface area (Å²) in [6, 6.07) is 2.18. The van der Waals surface area contributed by atoms with E-state index >= 15 is 0 Å². The molecule has 0 aliphatic carbocycles. The molecule has 1 aliphatic rings. The van der Waals surface area contributed by atoms with Crippen molar-refractivity contribution in [2.24, 2.45) is 0 Å². The van der Waals surface area contributed by atoms with Crippen LogP contribution in [0.1, 0.15) is 6.42 Å². The van der Waals surface area contributed by atoms with Crippen molar-refractivity contribution in [2.75, 3.05) is 19.6 Å². The van der Waals surface area contributed by atoms with E-state index in [-0.39, 0.29) is 0 Å². The molecule has 0 spiro atoms. The van der Waals surface area contributed by atoms with Crippen LogP contribution >= 0.6 is 15.9 Å². The summed E-state index contributed by atoms with van der Waals surface area (Å²) in [6.07, 6.45) is 2.86. The van der Waals surface area contributed by atoms with Crippen molar-refractivity contribution < 1.29 is 0 Å². The summed E-state index contributed by atoms with van der Waals surface area (Å²) in [6.45, 7) is 6.48. The van der Waals surface area contributed by atoms with Gasteiger partial charge in [-0.3, -0.25) is 4.90 Å². The van der Waals surface area contributed by atoms with E-state index in [1.165, 1.54) is 0 Å².